The van der Waals surface area contributed by atoms with Crippen LogP contribution >= 0.6 is 0 Å². The third-order valence-electron chi connectivity index (χ3n) is 9.52. The van der Waals surface area contributed by atoms with Gasteiger partial charge < -0.3 is 15.4 Å². The van der Waals surface area contributed by atoms with Crippen molar-refractivity contribution < 1.29 is 9.53 Å². The van der Waals surface area contributed by atoms with Gasteiger partial charge in [-0.3, -0.25) is 4.79 Å². The Morgan fingerprint density at radius 1 is 1.22 bits per heavy atom. The van der Waals surface area contributed by atoms with E-state index in [4.69, 9.17) is 10.5 Å². The van der Waals surface area contributed by atoms with Gasteiger partial charge in [-0.05, 0) is 74.1 Å². The first-order chi connectivity index (χ1) is 17.3. The number of nitriles is 1. The summed E-state index contributed by atoms with van der Waals surface area (Å²) in [7, 11) is 0. The Balaban J connectivity index is 1.20. The van der Waals surface area contributed by atoms with Gasteiger partial charge in [0.05, 0.1) is 12.3 Å². The van der Waals surface area contributed by atoms with Crippen molar-refractivity contribution in [3.63, 3.8) is 0 Å². The number of aromatic nitrogens is 3. The summed E-state index contributed by atoms with van der Waals surface area (Å²) in [5, 5.41) is 13.7. The van der Waals surface area contributed by atoms with E-state index in [2.05, 4.69) is 40.0 Å². The maximum absolute atomic E-state index is 12.4. The lowest BCUT2D eigenvalue weighted by Crippen LogP contribution is -2.62. The molecule has 1 aliphatic heterocycles. The number of amides is 1. The van der Waals surface area contributed by atoms with Gasteiger partial charge in [0.15, 0.2) is 0 Å². The molecule has 2 aromatic rings. The van der Waals surface area contributed by atoms with E-state index in [9.17, 15) is 10.1 Å². The predicted molar refractivity (Wildman–Crippen MR) is 133 cm³/mol. The van der Waals surface area contributed by atoms with Crippen molar-refractivity contribution in [3.8, 4) is 17.6 Å². The van der Waals surface area contributed by atoms with Crippen molar-refractivity contribution in [2.45, 2.75) is 52.0 Å². The van der Waals surface area contributed by atoms with E-state index in [1.807, 2.05) is 24.3 Å². The molecule has 1 saturated heterocycles. The average molecular weight is 488 g/mol. The zero-order chi connectivity index (χ0) is 25.1. The van der Waals surface area contributed by atoms with Crippen molar-refractivity contribution in [1.82, 2.24) is 19.7 Å². The smallest absolute Gasteiger partial charge is 0.223 e. The van der Waals surface area contributed by atoms with Gasteiger partial charge in [0.25, 0.3) is 0 Å². The molecule has 5 fully saturated rings. The molecule has 2 heterocycles. The van der Waals surface area contributed by atoms with Gasteiger partial charge >= 0.3 is 0 Å². The van der Waals surface area contributed by atoms with Crippen molar-refractivity contribution >= 4 is 11.7 Å². The summed E-state index contributed by atoms with van der Waals surface area (Å²) in [5.74, 6) is 3.17. The summed E-state index contributed by atoms with van der Waals surface area (Å²) in [4.78, 5) is 23.2. The Hall–Kier alpha value is -3.41. The standard InChI is InChI=1S/C27H33N7O2/c1-26(2)20(13-36-22-5-3-21(4-6-22)34-16-30-15-32-34)12-33(25(26)31-14-28)23-18-7-17-8-19(23)11-27(9-17,10-18)24(29)35/h3-6,15-20,23H,7-13H2,1-2H3,(H2,29,35)/b31-25-. The van der Waals surface area contributed by atoms with E-state index >= 15 is 0 Å². The highest BCUT2D eigenvalue weighted by atomic mass is 16.5. The van der Waals surface area contributed by atoms with Crippen LogP contribution in [0.15, 0.2) is 41.9 Å². The number of nitrogens with two attached hydrogens (primary N) is 1. The summed E-state index contributed by atoms with van der Waals surface area (Å²) in [6.07, 6.45) is 10.2. The van der Waals surface area contributed by atoms with Crippen molar-refractivity contribution in [3.05, 3.63) is 36.9 Å². The van der Waals surface area contributed by atoms with Crippen LogP contribution in [-0.2, 0) is 4.79 Å². The van der Waals surface area contributed by atoms with Crippen molar-refractivity contribution in [1.29, 1.82) is 5.26 Å². The van der Waals surface area contributed by atoms with Crippen LogP contribution in [0.25, 0.3) is 5.69 Å². The first-order valence-electron chi connectivity index (χ1n) is 12.9. The Bertz CT molecular complexity index is 1200. The molecule has 1 amide bonds. The number of hydrogen-bond donors (Lipinski definition) is 1. The Kier molecular flexibility index (Phi) is 5.32. The van der Waals surface area contributed by atoms with E-state index in [1.165, 1.54) is 6.33 Å². The topological polar surface area (TPSA) is 122 Å². The van der Waals surface area contributed by atoms with E-state index in [1.54, 1.807) is 11.0 Å². The lowest BCUT2D eigenvalue weighted by atomic mass is 9.47. The minimum atomic E-state index is -0.324. The molecule has 3 unspecified atom stereocenters. The first-order valence-corrected chi connectivity index (χ1v) is 12.9. The van der Waals surface area contributed by atoms with E-state index in [-0.39, 0.29) is 22.7 Å². The monoisotopic (exact) mass is 487 g/mol. The zero-order valence-electron chi connectivity index (χ0n) is 20.9. The SMILES string of the molecule is CC1(C)/C(=N/C#N)N(C2C3CC4CC2CC(C(N)=O)(C4)C3)CC1COc1ccc(-n2cncn2)cc1. The molecule has 0 spiro atoms. The number of carbonyl (C=O) groups is 1. The molecular weight excluding hydrogens is 454 g/mol. The number of hydrogen-bond acceptors (Lipinski definition) is 6. The predicted octanol–water partition coefficient (Wildman–Crippen LogP) is 3.16. The van der Waals surface area contributed by atoms with Crippen LogP contribution in [0.1, 0.15) is 46.0 Å². The fourth-order valence-electron chi connectivity index (χ4n) is 7.93. The summed E-state index contributed by atoms with van der Waals surface area (Å²) in [6.45, 7) is 5.68. The fraction of sp³-hybridized carbons (Fsp3) is 0.593. The van der Waals surface area contributed by atoms with Crippen LogP contribution in [0.4, 0.5) is 0 Å². The molecule has 9 nitrogen and oxygen atoms in total. The van der Waals surface area contributed by atoms with E-state index in [0.717, 1.165) is 55.9 Å². The van der Waals surface area contributed by atoms with Gasteiger partial charge in [-0.1, -0.05) is 13.8 Å². The molecule has 4 aliphatic carbocycles. The molecule has 4 bridgehead atoms. The molecule has 7 rings (SSSR count). The molecule has 1 aromatic carbocycles. The van der Waals surface area contributed by atoms with Crippen LogP contribution < -0.4 is 10.5 Å². The molecule has 2 N–H and O–H groups in total. The minimum Gasteiger partial charge on any atom is -0.493 e. The van der Waals surface area contributed by atoms with Crippen molar-refractivity contribution in [2.75, 3.05) is 13.2 Å². The highest BCUT2D eigenvalue weighted by molar-refractivity contribution is 5.91. The van der Waals surface area contributed by atoms with Crippen LogP contribution in [-0.4, -0.2) is 50.6 Å². The van der Waals surface area contributed by atoms with E-state index < -0.39 is 0 Å². The van der Waals surface area contributed by atoms with Gasteiger partial charge in [0, 0.05) is 29.3 Å². The number of aliphatic imine (C=N–C) groups is 1. The number of nitrogens with zero attached hydrogens (tertiary/aromatic N) is 6. The summed E-state index contributed by atoms with van der Waals surface area (Å²) in [6, 6.07) is 8.13. The molecular formula is C27H33N7O2. The molecule has 1 aromatic heterocycles. The van der Waals surface area contributed by atoms with Crippen LogP contribution in [0.2, 0.25) is 0 Å². The molecule has 36 heavy (non-hydrogen) atoms. The van der Waals surface area contributed by atoms with Crippen LogP contribution in [0.5, 0.6) is 5.75 Å². The molecule has 5 aliphatic rings. The molecule has 3 atom stereocenters. The Morgan fingerprint density at radius 3 is 2.56 bits per heavy atom. The van der Waals surface area contributed by atoms with Gasteiger partial charge in [-0.2, -0.15) is 15.4 Å². The van der Waals surface area contributed by atoms with Crippen LogP contribution in [0, 0.1) is 46.0 Å². The number of rotatable bonds is 6. The number of amidine groups is 1. The molecule has 9 heteroatoms. The first kappa shape index (κ1) is 23.0. The number of ether oxygens (including phenoxy) is 1. The second-order valence-corrected chi connectivity index (χ2v) is 11.9. The third kappa shape index (κ3) is 3.57. The van der Waals surface area contributed by atoms with E-state index in [0.29, 0.717) is 30.4 Å². The number of primary amides is 1. The largest absolute Gasteiger partial charge is 0.493 e. The Morgan fingerprint density at radius 2 is 1.94 bits per heavy atom. The summed E-state index contributed by atoms with van der Waals surface area (Å²) >= 11 is 0. The minimum absolute atomic E-state index is 0.117. The lowest BCUT2D eigenvalue weighted by Gasteiger charge is -2.60. The van der Waals surface area contributed by atoms with Gasteiger partial charge in [0.1, 0.15) is 24.2 Å². The summed E-state index contributed by atoms with van der Waals surface area (Å²) < 4.78 is 7.96. The van der Waals surface area contributed by atoms with Gasteiger partial charge in [0.2, 0.25) is 12.1 Å². The highest BCUT2D eigenvalue weighted by Crippen LogP contribution is 2.62. The van der Waals surface area contributed by atoms with Gasteiger partial charge in [-0.25, -0.2) is 9.67 Å². The number of benzene rings is 1. The maximum atomic E-state index is 12.4. The molecule has 0 radical (unpaired) electrons. The highest BCUT2D eigenvalue weighted by Gasteiger charge is 2.61. The maximum Gasteiger partial charge on any atom is 0.223 e. The lowest BCUT2D eigenvalue weighted by molar-refractivity contribution is -0.149. The quantitative estimate of drug-likeness (QED) is 0.625. The zero-order valence-corrected chi connectivity index (χ0v) is 20.9. The average Bonchev–Trinajstić information content (AvgIpc) is 3.46. The second-order valence-electron chi connectivity index (χ2n) is 11.9. The number of likely N-dealkylation sites (tertiary alicyclic amines) is 1. The molecule has 4 saturated carbocycles. The normalized spacial score (nSPS) is 35.2. The Labute approximate surface area is 211 Å². The summed E-state index contributed by atoms with van der Waals surface area (Å²) in [5.41, 5.74) is 6.22. The second kappa shape index (κ2) is 8.32. The van der Waals surface area contributed by atoms with Crippen molar-refractivity contribution in [2.24, 2.45) is 45.2 Å². The number of carbonyl (C=O) groups excluding carboxylic acids is 1. The fourth-order valence-corrected chi connectivity index (χ4v) is 7.93. The van der Waals surface area contributed by atoms with Gasteiger partial charge in [-0.15, -0.1) is 0 Å². The van der Waals surface area contributed by atoms with Crippen LogP contribution in [0.3, 0.4) is 0 Å². The molecule has 188 valence electrons. The third-order valence-corrected chi connectivity index (χ3v) is 9.52.